The van der Waals surface area contributed by atoms with Gasteiger partial charge >= 0.3 is 5.97 Å². The number of Topliss-reactive ketones (excluding diaryl/α,β-unsaturated/α-hetero) is 1. The molecule has 19 atom stereocenters. The van der Waals surface area contributed by atoms with Crippen LogP contribution in [0.2, 0.25) is 0 Å². The van der Waals surface area contributed by atoms with Gasteiger partial charge < -0.3 is 64.0 Å². The molecule has 3 aliphatic heterocycles. The zero-order valence-corrected chi connectivity index (χ0v) is 33.3. The van der Waals surface area contributed by atoms with Gasteiger partial charge in [0.25, 0.3) is 0 Å². The standard InChI is InChI=1S/C37H67NO14/c1-14-23-37(10,46)30(42)18(3)26(39)17(2)15-35(8,45)32(52-34-28(41)25(38(11)12)27(40)21(6)49-34)19(4)29(20(5)33(44)50-23)51-24-16-36(9,47-13)31(43)22(7)48-24/h17-25,27-32,34,40-43,45-46H,14-16H2,1-13H3/t17-,18+,19+,20-,21-,22+,23-,24+,25?,27-,28-,29+,30-,31+,32-,34+,35-,36-,37-/m1/s1. The molecule has 3 aliphatic rings. The van der Waals surface area contributed by atoms with E-state index in [-0.39, 0.29) is 19.3 Å². The van der Waals surface area contributed by atoms with Crippen molar-refractivity contribution in [1.29, 1.82) is 0 Å². The van der Waals surface area contributed by atoms with E-state index in [2.05, 4.69) is 0 Å². The maximum Gasteiger partial charge on any atom is 0.311 e. The summed E-state index contributed by atoms with van der Waals surface area (Å²) >= 11 is 0. The molecule has 0 aromatic rings. The Morgan fingerprint density at radius 3 is 1.96 bits per heavy atom. The van der Waals surface area contributed by atoms with Crippen LogP contribution in [0.4, 0.5) is 0 Å². The minimum Gasteiger partial charge on any atom is -0.459 e. The van der Waals surface area contributed by atoms with Crippen LogP contribution in [0, 0.1) is 23.7 Å². The molecular formula is C37H67NO14. The Morgan fingerprint density at radius 2 is 1.42 bits per heavy atom. The molecule has 0 spiro atoms. The fraction of sp³-hybridized carbons (Fsp3) is 0.946. The van der Waals surface area contributed by atoms with Crippen molar-refractivity contribution in [1.82, 2.24) is 4.90 Å². The summed E-state index contributed by atoms with van der Waals surface area (Å²) in [5, 5.41) is 68.5. The van der Waals surface area contributed by atoms with Gasteiger partial charge in [-0.05, 0) is 68.5 Å². The minimum absolute atomic E-state index is 0.0637. The summed E-state index contributed by atoms with van der Waals surface area (Å²) in [5.74, 6) is -5.23. The third-order valence-electron chi connectivity index (χ3n) is 12.0. The van der Waals surface area contributed by atoms with E-state index >= 15 is 0 Å². The molecule has 3 fully saturated rings. The maximum absolute atomic E-state index is 14.1. The van der Waals surface area contributed by atoms with E-state index in [1.54, 1.807) is 67.5 Å². The van der Waals surface area contributed by atoms with E-state index in [4.69, 9.17) is 28.4 Å². The quantitative estimate of drug-likeness (QED) is 0.198. The van der Waals surface area contributed by atoms with Crippen molar-refractivity contribution < 1.29 is 68.6 Å². The molecule has 52 heavy (non-hydrogen) atoms. The third kappa shape index (κ3) is 9.19. The Labute approximate surface area is 308 Å². The number of carbonyl (C=O) groups is 2. The molecule has 15 nitrogen and oxygen atoms in total. The fourth-order valence-corrected chi connectivity index (χ4v) is 8.49. The molecule has 3 saturated heterocycles. The fourth-order valence-electron chi connectivity index (χ4n) is 8.49. The molecule has 15 heteroatoms. The maximum atomic E-state index is 14.1. The van der Waals surface area contributed by atoms with Gasteiger partial charge in [-0.25, -0.2) is 0 Å². The lowest BCUT2D eigenvalue weighted by Crippen LogP contribution is -2.64. The number of cyclic esters (lactones) is 1. The second-order valence-electron chi connectivity index (χ2n) is 16.5. The monoisotopic (exact) mass is 749 g/mol. The number of hydrogen-bond acceptors (Lipinski definition) is 15. The zero-order valence-electron chi connectivity index (χ0n) is 33.3. The number of likely N-dealkylation sites (N-methyl/N-ethyl adjacent to an activating group) is 1. The molecule has 0 amide bonds. The van der Waals surface area contributed by atoms with Gasteiger partial charge in [-0.2, -0.15) is 0 Å². The van der Waals surface area contributed by atoms with Crippen LogP contribution in [0.3, 0.4) is 0 Å². The minimum atomic E-state index is -2.02. The molecule has 0 aromatic carbocycles. The van der Waals surface area contributed by atoms with Crippen LogP contribution in [-0.2, 0) is 38.0 Å². The number of aliphatic hydroxyl groups is 6. The molecule has 0 bridgehead atoms. The van der Waals surface area contributed by atoms with Crippen molar-refractivity contribution >= 4 is 11.8 Å². The summed E-state index contributed by atoms with van der Waals surface area (Å²) in [6, 6.07) is -0.801. The van der Waals surface area contributed by atoms with Gasteiger partial charge in [-0.3, -0.25) is 9.59 Å². The Balaban J connectivity index is 2.20. The topological polar surface area (TPSA) is 214 Å². The van der Waals surface area contributed by atoms with Crippen LogP contribution >= 0.6 is 0 Å². The predicted molar refractivity (Wildman–Crippen MR) is 188 cm³/mol. The molecule has 1 unspecified atom stereocenters. The number of ketones is 1. The Bertz CT molecular complexity index is 1200. The average Bonchev–Trinajstić information content (AvgIpc) is 3.06. The van der Waals surface area contributed by atoms with Gasteiger partial charge in [0, 0.05) is 31.3 Å². The van der Waals surface area contributed by atoms with Crippen LogP contribution < -0.4 is 0 Å². The SMILES string of the molecule is CC[C@H]1OC(=O)[C@H](C)[C@@H](O[C@H]2C[C@@](C)(OC)[C@@H](O)[C@H](C)O2)[C@H](C)[C@@H](O[C@@H]2O[C@H](C)[C@@H](O)C(N(C)C)[C@H]2O)[C@](C)(O)C[C@@H](C)C(=O)[C@H](C)[C@@H](O)[C@]1(C)O. The van der Waals surface area contributed by atoms with Crippen molar-refractivity contribution in [3.8, 4) is 0 Å². The lowest BCUT2D eigenvalue weighted by molar-refractivity contribution is -0.327. The predicted octanol–water partition coefficient (Wildman–Crippen LogP) is 0.756. The van der Waals surface area contributed by atoms with Crippen LogP contribution in [0.5, 0.6) is 0 Å². The van der Waals surface area contributed by atoms with Gasteiger partial charge in [0.05, 0.1) is 59.8 Å². The summed E-state index contributed by atoms with van der Waals surface area (Å²) in [7, 11) is 4.86. The van der Waals surface area contributed by atoms with Gasteiger partial charge in [-0.15, -0.1) is 0 Å². The lowest BCUT2D eigenvalue weighted by Gasteiger charge is -2.49. The van der Waals surface area contributed by atoms with Crippen molar-refractivity contribution in [2.45, 2.75) is 179 Å². The summed E-state index contributed by atoms with van der Waals surface area (Å²) in [6.45, 7) is 15.8. The lowest BCUT2D eigenvalue weighted by atomic mass is 9.74. The molecule has 0 saturated carbocycles. The number of methoxy groups -OCH3 is 1. The number of carbonyl (C=O) groups excluding carboxylic acids is 2. The first-order valence-corrected chi connectivity index (χ1v) is 18.6. The van der Waals surface area contributed by atoms with Crippen molar-refractivity contribution in [3.63, 3.8) is 0 Å². The number of nitrogens with zero attached hydrogens (tertiary/aromatic N) is 1. The Kier molecular flexibility index (Phi) is 14.9. The highest BCUT2D eigenvalue weighted by atomic mass is 16.7. The molecule has 0 aliphatic carbocycles. The van der Waals surface area contributed by atoms with E-state index in [1.807, 2.05) is 0 Å². The first kappa shape index (κ1) is 45.1. The van der Waals surface area contributed by atoms with Crippen LogP contribution in [0.1, 0.15) is 88.5 Å². The first-order valence-electron chi connectivity index (χ1n) is 18.6. The van der Waals surface area contributed by atoms with E-state index in [1.165, 1.54) is 27.9 Å². The first-order chi connectivity index (χ1) is 23.9. The van der Waals surface area contributed by atoms with Gasteiger partial charge in [0.2, 0.25) is 0 Å². The Morgan fingerprint density at radius 1 is 0.827 bits per heavy atom. The number of ether oxygens (including phenoxy) is 6. The number of aliphatic hydroxyl groups excluding tert-OH is 4. The van der Waals surface area contributed by atoms with E-state index in [9.17, 15) is 40.2 Å². The average molecular weight is 750 g/mol. The highest BCUT2D eigenvalue weighted by molar-refractivity contribution is 5.83. The van der Waals surface area contributed by atoms with Gasteiger partial charge in [-0.1, -0.05) is 27.7 Å². The molecule has 3 rings (SSSR count). The molecule has 0 aromatic heterocycles. The summed E-state index contributed by atoms with van der Waals surface area (Å²) in [6.07, 6.45) is -12.6. The second-order valence-corrected chi connectivity index (χ2v) is 16.5. The van der Waals surface area contributed by atoms with Crippen LogP contribution in [0.15, 0.2) is 0 Å². The number of esters is 1. The van der Waals surface area contributed by atoms with Crippen molar-refractivity contribution in [2.24, 2.45) is 23.7 Å². The number of hydrogen-bond donors (Lipinski definition) is 6. The highest BCUT2D eigenvalue weighted by Gasteiger charge is 2.54. The summed E-state index contributed by atoms with van der Waals surface area (Å²) < 4.78 is 36.8. The summed E-state index contributed by atoms with van der Waals surface area (Å²) in [4.78, 5) is 29.5. The molecular weight excluding hydrogens is 682 g/mol. The molecule has 304 valence electrons. The Hall–Kier alpha value is -1.34. The van der Waals surface area contributed by atoms with Gasteiger partial charge in [0.1, 0.15) is 29.7 Å². The molecule has 3 heterocycles. The van der Waals surface area contributed by atoms with E-state index < -0.39 is 126 Å². The van der Waals surface area contributed by atoms with Crippen molar-refractivity contribution in [2.75, 3.05) is 21.2 Å². The van der Waals surface area contributed by atoms with Crippen molar-refractivity contribution in [3.05, 3.63) is 0 Å². The zero-order chi connectivity index (χ0) is 39.8. The normalized spacial score (nSPS) is 50.5. The molecule has 6 N–H and O–H groups in total. The second kappa shape index (κ2) is 17.2. The molecule has 0 radical (unpaired) electrons. The van der Waals surface area contributed by atoms with E-state index in [0.29, 0.717) is 0 Å². The highest BCUT2D eigenvalue weighted by Crippen LogP contribution is 2.40. The van der Waals surface area contributed by atoms with Crippen LogP contribution in [-0.4, -0.2) is 159 Å². The van der Waals surface area contributed by atoms with Crippen LogP contribution in [0.25, 0.3) is 0 Å². The summed E-state index contributed by atoms with van der Waals surface area (Å²) in [5.41, 5.74) is -4.96. The smallest absolute Gasteiger partial charge is 0.311 e. The largest absolute Gasteiger partial charge is 0.459 e. The number of rotatable bonds is 7. The van der Waals surface area contributed by atoms with Gasteiger partial charge in [0.15, 0.2) is 12.6 Å². The third-order valence-corrected chi connectivity index (χ3v) is 12.0. The van der Waals surface area contributed by atoms with E-state index in [0.717, 1.165) is 0 Å².